The van der Waals surface area contributed by atoms with Gasteiger partial charge in [0, 0.05) is 37.1 Å². The van der Waals surface area contributed by atoms with Crippen molar-refractivity contribution in [1.82, 2.24) is 19.3 Å². The van der Waals surface area contributed by atoms with Gasteiger partial charge < -0.3 is 14.4 Å². The molecule has 9 nitrogen and oxygen atoms in total. The van der Waals surface area contributed by atoms with Crippen molar-refractivity contribution in [1.29, 1.82) is 0 Å². The van der Waals surface area contributed by atoms with Crippen molar-refractivity contribution >= 4 is 23.2 Å². The summed E-state index contributed by atoms with van der Waals surface area (Å²) in [4.78, 5) is 26.0. The molecule has 2 aliphatic rings. The molecule has 2 saturated heterocycles. The lowest BCUT2D eigenvalue weighted by Crippen LogP contribution is -2.61. The molecule has 0 spiro atoms. The molecule has 0 unspecified atom stereocenters. The molecule has 39 heavy (non-hydrogen) atoms. The molecule has 1 atom stereocenters. The summed E-state index contributed by atoms with van der Waals surface area (Å²) in [5, 5.41) is 2.78. The Labute approximate surface area is 227 Å². The summed E-state index contributed by atoms with van der Waals surface area (Å²) in [6.07, 6.45) is 6.29. The van der Waals surface area contributed by atoms with E-state index in [2.05, 4.69) is 15.2 Å². The standard InChI is InChI=1S/C28H36F2N6O3/c1-5-6-18(2)39-27(37)32-22-8-7-20(15-23(22)38-4)24-25-19(3)31-11-14-36(25)26(33-24)34-12-9-21(10-13-34)35-16-28(29,30)17-35/h7-8,11,14-15,18,21H,5-6,9-10,12-13,16-17H2,1-4H3,(H,32,37)/t18-/m0/s1. The fourth-order valence-electron chi connectivity index (χ4n) is 5.57. The first-order valence-corrected chi connectivity index (χ1v) is 13.6. The van der Waals surface area contributed by atoms with Crippen LogP contribution in [0.2, 0.25) is 0 Å². The molecule has 0 radical (unpaired) electrons. The number of nitrogens with zero attached hydrogens (tertiary/aromatic N) is 5. The van der Waals surface area contributed by atoms with Gasteiger partial charge >= 0.3 is 6.09 Å². The fourth-order valence-corrected chi connectivity index (χ4v) is 5.57. The van der Waals surface area contributed by atoms with Crippen molar-refractivity contribution < 1.29 is 23.0 Å². The van der Waals surface area contributed by atoms with Crippen molar-refractivity contribution in [2.45, 2.75) is 64.5 Å². The second-order valence-corrected chi connectivity index (χ2v) is 10.5. The van der Waals surface area contributed by atoms with Crippen molar-refractivity contribution in [2.75, 3.05) is 43.5 Å². The third-order valence-corrected chi connectivity index (χ3v) is 7.57. The van der Waals surface area contributed by atoms with Gasteiger partial charge in [0.05, 0.1) is 37.1 Å². The quantitative estimate of drug-likeness (QED) is 0.410. The van der Waals surface area contributed by atoms with Crippen LogP contribution in [0.4, 0.5) is 25.2 Å². The summed E-state index contributed by atoms with van der Waals surface area (Å²) in [6.45, 7) is 7.05. The number of hydrogen-bond acceptors (Lipinski definition) is 7. The zero-order chi connectivity index (χ0) is 27.7. The Morgan fingerprint density at radius 3 is 2.67 bits per heavy atom. The first-order valence-electron chi connectivity index (χ1n) is 13.6. The smallest absolute Gasteiger partial charge is 0.412 e. The van der Waals surface area contributed by atoms with Gasteiger partial charge in [-0.2, -0.15) is 0 Å². The number of carbonyl (C=O) groups is 1. The van der Waals surface area contributed by atoms with Crippen LogP contribution in [0.1, 0.15) is 45.2 Å². The Bertz CT molecular complexity index is 1330. The second kappa shape index (κ2) is 11.0. The number of benzene rings is 1. The molecule has 11 heteroatoms. The van der Waals surface area contributed by atoms with Crippen LogP contribution in [-0.4, -0.2) is 76.7 Å². The number of ether oxygens (including phenoxy) is 2. The number of aryl methyl sites for hydroxylation is 1. The lowest BCUT2D eigenvalue weighted by Gasteiger charge is -2.46. The highest BCUT2D eigenvalue weighted by molar-refractivity contribution is 5.89. The number of likely N-dealkylation sites (tertiary alicyclic amines) is 1. The first kappa shape index (κ1) is 27.1. The van der Waals surface area contributed by atoms with Gasteiger partial charge in [0.1, 0.15) is 17.5 Å². The summed E-state index contributed by atoms with van der Waals surface area (Å²) >= 11 is 0. The molecule has 4 heterocycles. The molecular formula is C28H36F2N6O3. The van der Waals surface area contributed by atoms with E-state index in [0.29, 0.717) is 11.4 Å². The van der Waals surface area contributed by atoms with Gasteiger partial charge in [0.25, 0.3) is 5.92 Å². The highest BCUT2D eigenvalue weighted by atomic mass is 19.3. The van der Waals surface area contributed by atoms with Gasteiger partial charge in [-0.1, -0.05) is 19.4 Å². The average Bonchev–Trinajstić information content (AvgIpc) is 3.28. The van der Waals surface area contributed by atoms with Gasteiger partial charge in [0.2, 0.25) is 5.95 Å². The van der Waals surface area contributed by atoms with Crippen LogP contribution in [0.25, 0.3) is 16.8 Å². The molecule has 1 amide bonds. The van der Waals surface area contributed by atoms with Gasteiger partial charge in [-0.15, -0.1) is 0 Å². The summed E-state index contributed by atoms with van der Waals surface area (Å²) in [7, 11) is 1.55. The van der Waals surface area contributed by atoms with E-state index in [-0.39, 0.29) is 25.2 Å². The Hall–Kier alpha value is -3.47. The maximum absolute atomic E-state index is 13.4. The molecule has 0 saturated carbocycles. The van der Waals surface area contributed by atoms with E-state index >= 15 is 0 Å². The number of alkyl halides is 2. The van der Waals surface area contributed by atoms with Crippen LogP contribution in [0.3, 0.4) is 0 Å². The van der Waals surface area contributed by atoms with Crippen molar-refractivity contribution in [3.8, 4) is 17.0 Å². The summed E-state index contributed by atoms with van der Waals surface area (Å²) in [5.41, 5.74) is 3.80. The molecule has 3 aromatic rings. The number of hydrogen-bond donors (Lipinski definition) is 1. The highest BCUT2D eigenvalue weighted by Crippen LogP contribution is 2.37. The molecule has 0 aliphatic carbocycles. The number of fused-ring (bicyclic) bond motifs is 1. The van der Waals surface area contributed by atoms with Crippen LogP contribution >= 0.6 is 0 Å². The Balaban J connectivity index is 1.38. The number of imidazole rings is 1. The molecule has 0 bridgehead atoms. The first-order chi connectivity index (χ1) is 18.7. The van der Waals surface area contributed by atoms with Crippen molar-refractivity contribution in [3.63, 3.8) is 0 Å². The van der Waals surface area contributed by atoms with E-state index in [1.54, 1.807) is 19.4 Å². The minimum Gasteiger partial charge on any atom is -0.495 e. The Morgan fingerprint density at radius 2 is 2.00 bits per heavy atom. The van der Waals surface area contributed by atoms with E-state index in [1.807, 2.05) is 48.4 Å². The van der Waals surface area contributed by atoms with E-state index < -0.39 is 12.0 Å². The largest absolute Gasteiger partial charge is 0.495 e. The number of methoxy groups -OCH3 is 1. The van der Waals surface area contributed by atoms with Gasteiger partial charge in [-0.3, -0.25) is 19.6 Å². The summed E-state index contributed by atoms with van der Waals surface area (Å²) < 4.78 is 39.8. The molecule has 210 valence electrons. The third-order valence-electron chi connectivity index (χ3n) is 7.57. The Kier molecular flexibility index (Phi) is 7.61. The van der Waals surface area contributed by atoms with Crippen LogP contribution < -0.4 is 15.0 Å². The highest BCUT2D eigenvalue weighted by Gasteiger charge is 2.47. The number of anilines is 2. The number of amides is 1. The van der Waals surface area contributed by atoms with Gasteiger partial charge in [0.15, 0.2) is 0 Å². The molecule has 2 aliphatic heterocycles. The zero-order valence-corrected chi connectivity index (χ0v) is 22.9. The number of piperidine rings is 1. The summed E-state index contributed by atoms with van der Waals surface area (Å²) in [5.74, 6) is -1.26. The van der Waals surface area contributed by atoms with Gasteiger partial charge in [-0.05, 0) is 45.2 Å². The van der Waals surface area contributed by atoms with Crippen LogP contribution in [0, 0.1) is 6.92 Å². The van der Waals surface area contributed by atoms with Crippen LogP contribution in [0.5, 0.6) is 5.75 Å². The van der Waals surface area contributed by atoms with Crippen LogP contribution in [-0.2, 0) is 4.74 Å². The maximum Gasteiger partial charge on any atom is 0.412 e. The second-order valence-electron chi connectivity index (χ2n) is 10.5. The lowest BCUT2D eigenvalue weighted by atomic mass is 9.98. The fraction of sp³-hybridized carbons (Fsp3) is 0.536. The van der Waals surface area contributed by atoms with E-state index in [9.17, 15) is 13.6 Å². The minimum atomic E-state index is -2.55. The third kappa shape index (κ3) is 5.63. The van der Waals surface area contributed by atoms with E-state index in [1.165, 1.54) is 0 Å². The minimum absolute atomic E-state index is 0.138. The van der Waals surface area contributed by atoms with E-state index in [0.717, 1.165) is 67.2 Å². The molecular weight excluding hydrogens is 506 g/mol. The monoisotopic (exact) mass is 542 g/mol. The molecule has 1 aromatic carbocycles. The normalized spacial score (nSPS) is 18.6. The van der Waals surface area contributed by atoms with Gasteiger partial charge in [-0.25, -0.2) is 18.6 Å². The zero-order valence-electron chi connectivity index (χ0n) is 22.9. The number of carbonyl (C=O) groups excluding carboxylic acids is 1. The van der Waals surface area contributed by atoms with Crippen molar-refractivity contribution in [3.05, 3.63) is 36.3 Å². The summed E-state index contributed by atoms with van der Waals surface area (Å²) in [6, 6.07) is 5.70. The predicted molar refractivity (Wildman–Crippen MR) is 146 cm³/mol. The van der Waals surface area contributed by atoms with Crippen molar-refractivity contribution in [2.24, 2.45) is 0 Å². The lowest BCUT2D eigenvalue weighted by molar-refractivity contribution is -0.148. The average molecular weight is 543 g/mol. The predicted octanol–water partition coefficient (Wildman–Crippen LogP) is 5.37. The number of halogens is 2. The molecule has 5 rings (SSSR count). The van der Waals surface area contributed by atoms with E-state index in [4.69, 9.17) is 14.5 Å². The number of nitrogens with one attached hydrogen (secondary N) is 1. The molecule has 1 N–H and O–H groups in total. The SMILES string of the molecule is CCC[C@H](C)OC(=O)Nc1ccc(-c2nc(N3CCC(N4CC(F)(F)C4)CC3)n3ccnc(C)c23)cc1OC. The molecule has 2 fully saturated rings. The number of rotatable bonds is 8. The maximum atomic E-state index is 13.4. The Morgan fingerprint density at radius 1 is 1.26 bits per heavy atom. The number of aromatic nitrogens is 3. The van der Waals surface area contributed by atoms with Crippen LogP contribution in [0.15, 0.2) is 30.6 Å². The molecule has 2 aromatic heterocycles. The topological polar surface area (TPSA) is 84.2 Å².